The highest BCUT2D eigenvalue weighted by atomic mass is 16.5. The maximum atomic E-state index is 11.8. The number of nitrogens with one attached hydrogen (secondary N) is 2. The standard InChI is InChI=1S/C15H28N2O2/c1-12(2)15(6-7-15)11-17-14(18)5-10-19-13-3-8-16-9-4-13/h12-13,16H,3-11H2,1-2H3,(H,17,18). The minimum absolute atomic E-state index is 0.140. The largest absolute Gasteiger partial charge is 0.378 e. The fourth-order valence-corrected chi connectivity index (χ4v) is 2.76. The summed E-state index contributed by atoms with van der Waals surface area (Å²) >= 11 is 0. The van der Waals surface area contributed by atoms with Gasteiger partial charge in [0.05, 0.1) is 12.7 Å². The first kappa shape index (κ1) is 14.8. The molecule has 0 aromatic heterocycles. The molecule has 1 aliphatic heterocycles. The van der Waals surface area contributed by atoms with Crippen molar-refractivity contribution in [3.05, 3.63) is 0 Å². The van der Waals surface area contributed by atoms with Gasteiger partial charge in [0.1, 0.15) is 0 Å². The smallest absolute Gasteiger partial charge is 0.222 e. The molecule has 1 saturated carbocycles. The maximum absolute atomic E-state index is 11.8. The van der Waals surface area contributed by atoms with Gasteiger partial charge in [0.25, 0.3) is 0 Å². The van der Waals surface area contributed by atoms with Crippen LogP contribution in [-0.4, -0.2) is 38.3 Å². The second-order valence-corrected chi connectivity index (χ2v) is 6.36. The number of carbonyl (C=O) groups excluding carboxylic acids is 1. The van der Waals surface area contributed by atoms with Crippen molar-refractivity contribution in [1.82, 2.24) is 10.6 Å². The monoisotopic (exact) mass is 268 g/mol. The summed E-state index contributed by atoms with van der Waals surface area (Å²) in [7, 11) is 0. The van der Waals surface area contributed by atoms with Gasteiger partial charge in [-0.1, -0.05) is 13.8 Å². The molecule has 2 rings (SSSR count). The van der Waals surface area contributed by atoms with E-state index in [1.54, 1.807) is 0 Å². The first-order chi connectivity index (χ1) is 9.12. The van der Waals surface area contributed by atoms with Crippen molar-refractivity contribution in [2.24, 2.45) is 11.3 Å². The Morgan fingerprint density at radius 3 is 2.63 bits per heavy atom. The van der Waals surface area contributed by atoms with Gasteiger partial charge in [-0.25, -0.2) is 0 Å². The SMILES string of the molecule is CC(C)C1(CNC(=O)CCOC2CCNCC2)CC1. The van der Waals surface area contributed by atoms with Crippen LogP contribution in [0.15, 0.2) is 0 Å². The van der Waals surface area contributed by atoms with Gasteiger partial charge in [-0.15, -0.1) is 0 Å². The summed E-state index contributed by atoms with van der Waals surface area (Å²) in [5.74, 6) is 0.805. The number of hydrogen-bond acceptors (Lipinski definition) is 3. The summed E-state index contributed by atoms with van der Waals surface area (Å²) in [5.41, 5.74) is 0.394. The molecule has 0 atom stereocenters. The van der Waals surface area contributed by atoms with Crippen LogP contribution in [-0.2, 0) is 9.53 Å². The average Bonchev–Trinajstić information content (AvgIpc) is 3.19. The number of carbonyl (C=O) groups is 1. The number of rotatable bonds is 7. The van der Waals surface area contributed by atoms with Gasteiger partial charge in [-0.2, -0.15) is 0 Å². The Balaban J connectivity index is 1.55. The van der Waals surface area contributed by atoms with E-state index in [-0.39, 0.29) is 5.91 Å². The fourth-order valence-electron chi connectivity index (χ4n) is 2.76. The minimum atomic E-state index is 0.140. The van der Waals surface area contributed by atoms with E-state index in [0.29, 0.717) is 30.5 Å². The molecule has 1 saturated heterocycles. The Labute approximate surface area is 116 Å². The minimum Gasteiger partial charge on any atom is -0.378 e. The van der Waals surface area contributed by atoms with Crippen LogP contribution in [0.2, 0.25) is 0 Å². The quantitative estimate of drug-likeness (QED) is 0.739. The lowest BCUT2D eigenvalue weighted by Crippen LogP contribution is -2.35. The van der Waals surface area contributed by atoms with Gasteiger partial charge in [0.2, 0.25) is 5.91 Å². The van der Waals surface area contributed by atoms with Gasteiger partial charge >= 0.3 is 0 Å². The third-order valence-corrected chi connectivity index (χ3v) is 4.72. The second kappa shape index (κ2) is 6.71. The van der Waals surface area contributed by atoms with Crippen LogP contribution in [0.1, 0.15) is 46.0 Å². The summed E-state index contributed by atoms with van der Waals surface area (Å²) in [6.45, 7) is 7.97. The Kier molecular flexibility index (Phi) is 5.22. The summed E-state index contributed by atoms with van der Waals surface area (Å²) in [4.78, 5) is 11.8. The Bertz CT molecular complexity index is 295. The van der Waals surface area contributed by atoms with Crippen LogP contribution < -0.4 is 10.6 Å². The molecule has 1 amide bonds. The Hall–Kier alpha value is -0.610. The van der Waals surface area contributed by atoms with Gasteiger partial charge < -0.3 is 15.4 Å². The zero-order valence-corrected chi connectivity index (χ0v) is 12.3. The van der Waals surface area contributed by atoms with E-state index < -0.39 is 0 Å². The molecule has 2 fully saturated rings. The average molecular weight is 268 g/mol. The molecule has 1 heterocycles. The zero-order chi connectivity index (χ0) is 13.7. The van der Waals surface area contributed by atoms with Crippen LogP contribution >= 0.6 is 0 Å². The fraction of sp³-hybridized carbons (Fsp3) is 0.933. The molecule has 4 nitrogen and oxygen atoms in total. The van der Waals surface area contributed by atoms with Gasteiger partial charge in [0.15, 0.2) is 0 Å². The van der Waals surface area contributed by atoms with Crippen LogP contribution in [0.5, 0.6) is 0 Å². The molecule has 0 aromatic carbocycles. The van der Waals surface area contributed by atoms with Crippen LogP contribution in [0, 0.1) is 11.3 Å². The lowest BCUT2D eigenvalue weighted by atomic mass is 9.92. The Morgan fingerprint density at radius 1 is 1.37 bits per heavy atom. The highest BCUT2D eigenvalue weighted by molar-refractivity contribution is 5.76. The number of hydrogen-bond donors (Lipinski definition) is 2. The predicted octanol–water partition coefficient (Wildman–Crippen LogP) is 1.70. The maximum Gasteiger partial charge on any atom is 0.222 e. The first-order valence-corrected chi connectivity index (χ1v) is 7.71. The molecule has 1 aliphatic carbocycles. The summed E-state index contributed by atoms with van der Waals surface area (Å²) in [6.07, 6.45) is 5.50. The summed E-state index contributed by atoms with van der Waals surface area (Å²) < 4.78 is 5.75. The predicted molar refractivity (Wildman–Crippen MR) is 76.0 cm³/mol. The molecule has 2 aliphatic rings. The van der Waals surface area contributed by atoms with Crippen molar-refractivity contribution in [2.75, 3.05) is 26.2 Å². The van der Waals surface area contributed by atoms with E-state index in [1.807, 2.05) is 0 Å². The molecule has 0 spiro atoms. The van der Waals surface area contributed by atoms with Gasteiger partial charge in [-0.05, 0) is 50.1 Å². The normalized spacial score (nSPS) is 22.5. The topological polar surface area (TPSA) is 50.4 Å². The lowest BCUT2D eigenvalue weighted by molar-refractivity contribution is -0.123. The van der Waals surface area contributed by atoms with Gasteiger partial charge in [-0.3, -0.25) is 4.79 Å². The molecule has 110 valence electrons. The van der Waals surface area contributed by atoms with Crippen molar-refractivity contribution < 1.29 is 9.53 Å². The summed E-state index contributed by atoms with van der Waals surface area (Å²) in [6, 6.07) is 0. The lowest BCUT2D eigenvalue weighted by Gasteiger charge is -2.23. The van der Waals surface area contributed by atoms with E-state index in [2.05, 4.69) is 24.5 Å². The number of amides is 1. The van der Waals surface area contributed by atoms with Crippen molar-refractivity contribution in [1.29, 1.82) is 0 Å². The van der Waals surface area contributed by atoms with E-state index in [1.165, 1.54) is 12.8 Å². The molecule has 0 bridgehead atoms. The molecule has 19 heavy (non-hydrogen) atoms. The molecule has 4 heteroatoms. The Morgan fingerprint density at radius 2 is 2.05 bits per heavy atom. The van der Waals surface area contributed by atoms with Gasteiger partial charge in [0, 0.05) is 13.0 Å². The van der Waals surface area contributed by atoms with E-state index in [0.717, 1.165) is 32.5 Å². The molecular weight excluding hydrogens is 240 g/mol. The first-order valence-electron chi connectivity index (χ1n) is 7.71. The number of piperidine rings is 1. The third kappa shape index (κ3) is 4.46. The molecule has 0 radical (unpaired) electrons. The second-order valence-electron chi connectivity index (χ2n) is 6.36. The highest BCUT2D eigenvalue weighted by Gasteiger charge is 2.45. The van der Waals surface area contributed by atoms with Crippen LogP contribution in [0.4, 0.5) is 0 Å². The molecule has 0 aromatic rings. The molecular formula is C15H28N2O2. The van der Waals surface area contributed by atoms with E-state index in [9.17, 15) is 4.79 Å². The van der Waals surface area contributed by atoms with Crippen LogP contribution in [0.3, 0.4) is 0 Å². The molecule has 2 N–H and O–H groups in total. The van der Waals surface area contributed by atoms with Crippen molar-refractivity contribution in [3.63, 3.8) is 0 Å². The van der Waals surface area contributed by atoms with E-state index >= 15 is 0 Å². The summed E-state index contributed by atoms with van der Waals surface area (Å²) in [5, 5.41) is 6.38. The van der Waals surface area contributed by atoms with Crippen molar-refractivity contribution >= 4 is 5.91 Å². The highest BCUT2D eigenvalue weighted by Crippen LogP contribution is 2.51. The molecule has 0 unspecified atom stereocenters. The van der Waals surface area contributed by atoms with Crippen LogP contribution in [0.25, 0.3) is 0 Å². The third-order valence-electron chi connectivity index (χ3n) is 4.72. The number of ether oxygens (including phenoxy) is 1. The van der Waals surface area contributed by atoms with Crippen molar-refractivity contribution in [3.8, 4) is 0 Å². The van der Waals surface area contributed by atoms with E-state index in [4.69, 9.17) is 4.74 Å². The zero-order valence-electron chi connectivity index (χ0n) is 12.3. The van der Waals surface area contributed by atoms with Crippen molar-refractivity contribution in [2.45, 2.75) is 52.1 Å².